The highest BCUT2D eigenvalue weighted by atomic mass is 79.9. The van der Waals surface area contributed by atoms with E-state index < -0.39 is 0 Å². The van der Waals surface area contributed by atoms with Crippen LogP contribution in [0.2, 0.25) is 0 Å². The molecular formula is C13H22BrN3O. The van der Waals surface area contributed by atoms with Crippen molar-refractivity contribution in [3.05, 3.63) is 26.3 Å². The molecule has 0 bridgehead atoms. The normalized spacial score (nSPS) is 13.1. The maximum absolute atomic E-state index is 11.8. The van der Waals surface area contributed by atoms with E-state index in [9.17, 15) is 4.79 Å². The molecule has 18 heavy (non-hydrogen) atoms. The molecule has 1 unspecified atom stereocenters. The summed E-state index contributed by atoms with van der Waals surface area (Å²) in [6.45, 7) is 11.7. The fourth-order valence-corrected chi connectivity index (χ4v) is 1.98. The molecule has 0 aliphatic rings. The molecule has 1 atom stereocenters. The van der Waals surface area contributed by atoms with Crippen LogP contribution >= 0.6 is 15.9 Å². The van der Waals surface area contributed by atoms with Crippen LogP contribution in [0.1, 0.15) is 32.2 Å². The van der Waals surface area contributed by atoms with Gasteiger partial charge in [0, 0.05) is 24.8 Å². The van der Waals surface area contributed by atoms with Crippen molar-refractivity contribution < 1.29 is 0 Å². The van der Waals surface area contributed by atoms with E-state index in [1.54, 1.807) is 4.57 Å². The van der Waals surface area contributed by atoms with Gasteiger partial charge in [-0.1, -0.05) is 13.8 Å². The number of nitrogens with zero attached hydrogens (tertiary/aromatic N) is 2. The summed E-state index contributed by atoms with van der Waals surface area (Å²) in [7, 11) is 0. The van der Waals surface area contributed by atoms with Gasteiger partial charge in [0.15, 0.2) is 0 Å². The number of rotatable bonds is 5. The molecule has 0 aliphatic heterocycles. The first-order chi connectivity index (χ1) is 8.34. The van der Waals surface area contributed by atoms with Crippen molar-refractivity contribution in [1.29, 1.82) is 0 Å². The summed E-state index contributed by atoms with van der Waals surface area (Å²) in [4.78, 5) is 15.8. The summed E-state index contributed by atoms with van der Waals surface area (Å²) in [6, 6.07) is 0.447. The van der Waals surface area contributed by atoms with Crippen LogP contribution in [0.15, 0.2) is 9.27 Å². The predicted molar refractivity (Wildman–Crippen MR) is 78.0 cm³/mol. The van der Waals surface area contributed by atoms with Crippen LogP contribution in [0.4, 0.5) is 0 Å². The third-order valence-electron chi connectivity index (χ3n) is 3.34. The minimum atomic E-state index is -0.174. The summed E-state index contributed by atoms with van der Waals surface area (Å²) in [6.07, 6.45) is 0. The minimum Gasteiger partial charge on any atom is -0.312 e. The van der Waals surface area contributed by atoms with E-state index >= 15 is 0 Å². The molecule has 5 heteroatoms. The first-order valence-corrected chi connectivity index (χ1v) is 7.10. The lowest BCUT2D eigenvalue weighted by molar-refractivity contribution is 0.412. The van der Waals surface area contributed by atoms with Gasteiger partial charge in [-0.3, -0.25) is 4.57 Å². The van der Waals surface area contributed by atoms with E-state index in [-0.39, 0.29) is 5.69 Å². The lowest BCUT2D eigenvalue weighted by Crippen LogP contribution is -2.36. The molecule has 1 N–H and O–H groups in total. The minimum absolute atomic E-state index is 0.174. The molecule has 1 aromatic heterocycles. The highest BCUT2D eigenvalue weighted by Gasteiger charge is 2.10. The fraction of sp³-hybridized carbons (Fsp3) is 0.692. The van der Waals surface area contributed by atoms with Gasteiger partial charge < -0.3 is 5.32 Å². The second kappa shape index (κ2) is 6.48. The molecule has 1 aromatic rings. The van der Waals surface area contributed by atoms with Crippen LogP contribution in [0.5, 0.6) is 0 Å². The Morgan fingerprint density at radius 1 is 1.33 bits per heavy atom. The van der Waals surface area contributed by atoms with Crippen LogP contribution in [0.3, 0.4) is 0 Å². The first-order valence-electron chi connectivity index (χ1n) is 6.31. The lowest BCUT2D eigenvalue weighted by atomic mass is 10.1. The molecule has 0 spiro atoms. The van der Waals surface area contributed by atoms with E-state index in [4.69, 9.17) is 0 Å². The second-order valence-electron chi connectivity index (χ2n) is 5.02. The zero-order valence-electron chi connectivity index (χ0n) is 11.7. The van der Waals surface area contributed by atoms with Crippen molar-refractivity contribution in [2.45, 2.75) is 47.2 Å². The predicted octanol–water partition coefficient (Wildman–Crippen LogP) is 2.26. The van der Waals surface area contributed by atoms with Crippen molar-refractivity contribution in [3.8, 4) is 0 Å². The van der Waals surface area contributed by atoms with Crippen molar-refractivity contribution in [2.24, 2.45) is 5.92 Å². The number of hydrogen-bond donors (Lipinski definition) is 1. The third-order valence-corrected chi connectivity index (χ3v) is 4.48. The molecule has 1 heterocycles. The maximum atomic E-state index is 11.8. The zero-order valence-corrected chi connectivity index (χ0v) is 13.3. The van der Waals surface area contributed by atoms with E-state index in [1.807, 2.05) is 13.8 Å². The van der Waals surface area contributed by atoms with Gasteiger partial charge in [0.05, 0.1) is 10.2 Å². The monoisotopic (exact) mass is 315 g/mol. The number of hydrogen-bond acceptors (Lipinski definition) is 3. The Kier molecular flexibility index (Phi) is 5.53. The van der Waals surface area contributed by atoms with Gasteiger partial charge in [0.25, 0.3) is 0 Å². The first kappa shape index (κ1) is 15.4. The fourth-order valence-electron chi connectivity index (χ4n) is 1.68. The molecule has 102 valence electrons. The molecule has 0 amide bonds. The lowest BCUT2D eigenvalue weighted by Gasteiger charge is -2.18. The van der Waals surface area contributed by atoms with Gasteiger partial charge in [-0.15, -0.1) is 0 Å². The SMILES string of the molecule is Cc1nc(=O)n(CCNC(C)C(C)C)c(C)c1Br. The van der Waals surface area contributed by atoms with Crippen LogP contribution in [-0.2, 0) is 6.54 Å². The van der Waals surface area contributed by atoms with E-state index in [0.29, 0.717) is 18.5 Å². The second-order valence-corrected chi connectivity index (χ2v) is 5.81. The zero-order chi connectivity index (χ0) is 13.9. The number of aromatic nitrogens is 2. The molecule has 0 aromatic carbocycles. The average Bonchev–Trinajstić information content (AvgIpc) is 2.30. The molecule has 1 rings (SSSR count). The smallest absolute Gasteiger partial charge is 0.312 e. The van der Waals surface area contributed by atoms with Crippen LogP contribution in [0.25, 0.3) is 0 Å². The van der Waals surface area contributed by atoms with Gasteiger partial charge in [-0.2, -0.15) is 4.98 Å². The molecule has 0 saturated carbocycles. The van der Waals surface area contributed by atoms with Crippen molar-refractivity contribution >= 4 is 15.9 Å². The summed E-state index contributed by atoms with van der Waals surface area (Å²) in [5.74, 6) is 0.589. The van der Waals surface area contributed by atoms with Gasteiger partial charge in [-0.05, 0) is 42.6 Å². The van der Waals surface area contributed by atoms with E-state index in [1.165, 1.54) is 0 Å². The van der Waals surface area contributed by atoms with E-state index in [2.05, 4.69) is 47.0 Å². The van der Waals surface area contributed by atoms with Crippen LogP contribution < -0.4 is 11.0 Å². The molecule has 0 aliphatic carbocycles. The maximum Gasteiger partial charge on any atom is 0.348 e. The largest absolute Gasteiger partial charge is 0.348 e. The van der Waals surface area contributed by atoms with Gasteiger partial charge >= 0.3 is 5.69 Å². The molecular weight excluding hydrogens is 294 g/mol. The van der Waals surface area contributed by atoms with Crippen molar-refractivity contribution in [3.63, 3.8) is 0 Å². The average molecular weight is 316 g/mol. The Labute approximate surface area is 117 Å². The van der Waals surface area contributed by atoms with Gasteiger partial charge in [0.1, 0.15) is 0 Å². The highest BCUT2D eigenvalue weighted by Crippen LogP contribution is 2.16. The quantitative estimate of drug-likeness (QED) is 0.906. The van der Waals surface area contributed by atoms with Gasteiger partial charge in [0.2, 0.25) is 0 Å². The Morgan fingerprint density at radius 2 is 1.94 bits per heavy atom. The summed E-state index contributed by atoms with van der Waals surface area (Å²) in [5, 5.41) is 3.42. The third kappa shape index (κ3) is 3.65. The standard InChI is InChI=1S/C13H22BrN3O/c1-8(2)9(3)15-6-7-17-11(5)12(14)10(4)16-13(17)18/h8-9,15H,6-7H2,1-5H3. The number of halogens is 1. The summed E-state index contributed by atoms with van der Waals surface area (Å²) >= 11 is 3.47. The molecule has 4 nitrogen and oxygen atoms in total. The Hall–Kier alpha value is -0.680. The molecule has 0 radical (unpaired) electrons. The van der Waals surface area contributed by atoms with Crippen LogP contribution in [0, 0.1) is 19.8 Å². The summed E-state index contributed by atoms with van der Waals surface area (Å²) < 4.78 is 2.62. The topological polar surface area (TPSA) is 46.9 Å². The number of nitrogens with one attached hydrogen (secondary N) is 1. The van der Waals surface area contributed by atoms with Crippen molar-refractivity contribution in [1.82, 2.24) is 14.9 Å². The van der Waals surface area contributed by atoms with Crippen molar-refractivity contribution in [2.75, 3.05) is 6.54 Å². The van der Waals surface area contributed by atoms with Gasteiger partial charge in [-0.25, -0.2) is 4.79 Å². The molecule has 0 fully saturated rings. The Balaban J connectivity index is 2.75. The molecule has 0 saturated heterocycles. The number of aryl methyl sites for hydroxylation is 1. The highest BCUT2D eigenvalue weighted by molar-refractivity contribution is 9.10. The summed E-state index contributed by atoms with van der Waals surface area (Å²) in [5.41, 5.74) is 1.51. The Morgan fingerprint density at radius 3 is 2.50 bits per heavy atom. The Bertz CT molecular complexity index is 468. The van der Waals surface area contributed by atoms with Crippen LogP contribution in [-0.4, -0.2) is 22.1 Å². The van der Waals surface area contributed by atoms with E-state index in [0.717, 1.165) is 22.4 Å².